The number of rotatable bonds is 6. The first-order chi connectivity index (χ1) is 8.90. The van der Waals surface area contributed by atoms with Gasteiger partial charge in [0.1, 0.15) is 0 Å². The fraction of sp³-hybridized carbons (Fsp3) is 0.571. The Kier molecular flexibility index (Phi) is 6.00. The zero-order valence-electron chi connectivity index (χ0n) is 10.8. The molecule has 1 atom stereocenters. The number of morpholine rings is 1. The first kappa shape index (κ1) is 13.9. The molecule has 1 fully saturated rings. The number of nitrogens with two attached hydrogens (primary N) is 1. The highest BCUT2D eigenvalue weighted by molar-refractivity contribution is 7.99. The normalized spacial score (nSPS) is 18.7. The Morgan fingerprint density at radius 3 is 2.61 bits per heavy atom. The van der Waals surface area contributed by atoms with E-state index in [1.54, 1.807) is 0 Å². The van der Waals surface area contributed by atoms with Crippen LogP contribution in [0.5, 0.6) is 0 Å². The van der Waals surface area contributed by atoms with Crippen molar-refractivity contribution in [2.75, 3.05) is 38.6 Å². The van der Waals surface area contributed by atoms with Crippen LogP contribution in [-0.2, 0) is 4.74 Å². The Bertz CT molecular complexity index is 328. The van der Waals surface area contributed by atoms with E-state index >= 15 is 0 Å². The SMILES string of the molecule is NCCC(CSc1ccccc1)N1CCOCC1. The number of thioether (sulfide) groups is 1. The lowest BCUT2D eigenvalue weighted by Crippen LogP contribution is -2.45. The Labute approximate surface area is 114 Å². The molecule has 0 aromatic heterocycles. The first-order valence-corrected chi connectivity index (χ1v) is 7.58. The third-order valence-electron chi connectivity index (χ3n) is 3.25. The third kappa shape index (κ3) is 4.28. The van der Waals surface area contributed by atoms with Gasteiger partial charge in [-0.3, -0.25) is 4.90 Å². The molecule has 0 spiro atoms. The lowest BCUT2D eigenvalue weighted by Gasteiger charge is -2.34. The van der Waals surface area contributed by atoms with Crippen molar-refractivity contribution in [3.8, 4) is 0 Å². The summed E-state index contributed by atoms with van der Waals surface area (Å²) in [6.07, 6.45) is 1.07. The second-order valence-electron chi connectivity index (χ2n) is 4.50. The topological polar surface area (TPSA) is 38.5 Å². The van der Waals surface area contributed by atoms with Gasteiger partial charge in [-0.1, -0.05) is 18.2 Å². The molecule has 0 amide bonds. The smallest absolute Gasteiger partial charge is 0.0594 e. The summed E-state index contributed by atoms with van der Waals surface area (Å²) in [5, 5.41) is 0. The molecule has 1 aliphatic heterocycles. The molecule has 0 saturated carbocycles. The lowest BCUT2D eigenvalue weighted by molar-refractivity contribution is 0.0201. The molecule has 1 aromatic carbocycles. The van der Waals surface area contributed by atoms with Crippen molar-refractivity contribution in [1.29, 1.82) is 0 Å². The number of nitrogens with zero attached hydrogens (tertiary/aromatic N) is 1. The van der Waals surface area contributed by atoms with Crippen molar-refractivity contribution < 1.29 is 4.74 Å². The molecular weight excluding hydrogens is 244 g/mol. The van der Waals surface area contributed by atoms with E-state index in [-0.39, 0.29) is 0 Å². The highest BCUT2D eigenvalue weighted by Crippen LogP contribution is 2.21. The van der Waals surface area contributed by atoms with Crippen molar-refractivity contribution in [1.82, 2.24) is 4.90 Å². The van der Waals surface area contributed by atoms with Gasteiger partial charge in [0.25, 0.3) is 0 Å². The minimum absolute atomic E-state index is 0.573. The van der Waals surface area contributed by atoms with Gasteiger partial charge in [0.2, 0.25) is 0 Å². The van der Waals surface area contributed by atoms with Gasteiger partial charge in [0.15, 0.2) is 0 Å². The molecule has 100 valence electrons. The van der Waals surface area contributed by atoms with Gasteiger partial charge in [0, 0.05) is 29.8 Å². The van der Waals surface area contributed by atoms with Crippen LogP contribution in [0.25, 0.3) is 0 Å². The van der Waals surface area contributed by atoms with E-state index in [0.717, 1.165) is 45.0 Å². The Balaban J connectivity index is 1.85. The quantitative estimate of drug-likeness (QED) is 0.797. The molecule has 1 unspecified atom stereocenters. The molecule has 0 radical (unpaired) electrons. The maximum atomic E-state index is 5.74. The molecule has 1 aliphatic rings. The van der Waals surface area contributed by atoms with Crippen molar-refractivity contribution in [3.63, 3.8) is 0 Å². The molecule has 18 heavy (non-hydrogen) atoms. The van der Waals surface area contributed by atoms with Crippen LogP contribution < -0.4 is 5.73 Å². The summed E-state index contributed by atoms with van der Waals surface area (Å²) in [5.74, 6) is 1.11. The monoisotopic (exact) mass is 266 g/mol. The largest absolute Gasteiger partial charge is 0.379 e. The molecule has 3 nitrogen and oxygen atoms in total. The molecule has 0 aliphatic carbocycles. The molecule has 2 rings (SSSR count). The van der Waals surface area contributed by atoms with E-state index in [9.17, 15) is 0 Å². The van der Waals surface area contributed by atoms with Crippen LogP contribution in [0.1, 0.15) is 6.42 Å². The fourth-order valence-electron chi connectivity index (χ4n) is 2.22. The number of benzene rings is 1. The third-order valence-corrected chi connectivity index (χ3v) is 4.40. The van der Waals surface area contributed by atoms with Crippen LogP contribution in [0.2, 0.25) is 0 Å². The maximum absolute atomic E-state index is 5.74. The summed E-state index contributed by atoms with van der Waals surface area (Å²) in [5.41, 5.74) is 5.74. The summed E-state index contributed by atoms with van der Waals surface area (Å²) in [6, 6.07) is 11.2. The Morgan fingerprint density at radius 2 is 1.94 bits per heavy atom. The highest BCUT2D eigenvalue weighted by atomic mass is 32.2. The molecule has 1 saturated heterocycles. The lowest BCUT2D eigenvalue weighted by atomic mass is 10.2. The predicted octanol–water partition coefficient (Wildman–Crippen LogP) is 1.83. The van der Waals surface area contributed by atoms with Gasteiger partial charge in [-0.25, -0.2) is 0 Å². The van der Waals surface area contributed by atoms with Gasteiger partial charge in [-0.15, -0.1) is 11.8 Å². The summed E-state index contributed by atoms with van der Waals surface area (Å²) in [6.45, 7) is 4.56. The average Bonchev–Trinajstić information content (AvgIpc) is 2.45. The Hall–Kier alpha value is -0.550. The van der Waals surface area contributed by atoms with E-state index < -0.39 is 0 Å². The summed E-state index contributed by atoms with van der Waals surface area (Å²) in [4.78, 5) is 3.86. The average molecular weight is 266 g/mol. The van der Waals surface area contributed by atoms with Crippen LogP contribution >= 0.6 is 11.8 Å². The van der Waals surface area contributed by atoms with E-state index in [1.165, 1.54) is 4.90 Å². The minimum Gasteiger partial charge on any atom is -0.379 e. The van der Waals surface area contributed by atoms with Gasteiger partial charge in [-0.05, 0) is 25.1 Å². The van der Waals surface area contributed by atoms with Gasteiger partial charge in [0.05, 0.1) is 13.2 Å². The van der Waals surface area contributed by atoms with Crippen LogP contribution in [-0.4, -0.2) is 49.5 Å². The van der Waals surface area contributed by atoms with E-state index in [0.29, 0.717) is 6.04 Å². The van der Waals surface area contributed by atoms with Crippen molar-refractivity contribution >= 4 is 11.8 Å². The second kappa shape index (κ2) is 7.79. The molecule has 0 bridgehead atoms. The summed E-state index contributed by atoms with van der Waals surface area (Å²) >= 11 is 1.92. The van der Waals surface area contributed by atoms with Crippen LogP contribution in [0.3, 0.4) is 0 Å². The second-order valence-corrected chi connectivity index (χ2v) is 5.60. The molecule has 1 heterocycles. The summed E-state index contributed by atoms with van der Waals surface area (Å²) in [7, 11) is 0. The van der Waals surface area contributed by atoms with Crippen LogP contribution in [0.4, 0.5) is 0 Å². The van der Waals surface area contributed by atoms with Crippen molar-refractivity contribution in [3.05, 3.63) is 30.3 Å². The first-order valence-electron chi connectivity index (χ1n) is 6.60. The van der Waals surface area contributed by atoms with Crippen molar-refractivity contribution in [2.24, 2.45) is 5.73 Å². The summed E-state index contributed by atoms with van der Waals surface area (Å²) < 4.78 is 5.41. The van der Waals surface area contributed by atoms with E-state index in [1.807, 2.05) is 11.8 Å². The maximum Gasteiger partial charge on any atom is 0.0594 e. The number of hydrogen-bond acceptors (Lipinski definition) is 4. The van der Waals surface area contributed by atoms with E-state index in [4.69, 9.17) is 10.5 Å². The van der Waals surface area contributed by atoms with E-state index in [2.05, 4.69) is 35.2 Å². The molecule has 2 N–H and O–H groups in total. The molecular formula is C14H22N2OS. The van der Waals surface area contributed by atoms with Gasteiger partial charge in [-0.2, -0.15) is 0 Å². The number of ether oxygens (including phenoxy) is 1. The Morgan fingerprint density at radius 1 is 1.22 bits per heavy atom. The number of hydrogen-bond donors (Lipinski definition) is 1. The van der Waals surface area contributed by atoms with Gasteiger partial charge < -0.3 is 10.5 Å². The standard InChI is InChI=1S/C14H22N2OS/c15-7-6-13(16-8-10-17-11-9-16)12-18-14-4-2-1-3-5-14/h1-5,13H,6-12,15H2. The molecule has 1 aromatic rings. The van der Waals surface area contributed by atoms with Crippen LogP contribution in [0, 0.1) is 0 Å². The zero-order valence-corrected chi connectivity index (χ0v) is 11.6. The minimum atomic E-state index is 0.573. The fourth-order valence-corrected chi connectivity index (χ4v) is 3.33. The zero-order chi connectivity index (χ0) is 12.6. The van der Waals surface area contributed by atoms with Crippen molar-refractivity contribution in [2.45, 2.75) is 17.4 Å². The molecule has 4 heteroatoms. The van der Waals surface area contributed by atoms with Gasteiger partial charge >= 0.3 is 0 Å². The van der Waals surface area contributed by atoms with Crippen LogP contribution in [0.15, 0.2) is 35.2 Å². The predicted molar refractivity (Wildman–Crippen MR) is 77.0 cm³/mol. The highest BCUT2D eigenvalue weighted by Gasteiger charge is 2.20.